The van der Waals surface area contributed by atoms with Crippen molar-refractivity contribution < 1.29 is 19.4 Å². The predicted octanol–water partition coefficient (Wildman–Crippen LogP) is 1.49. The van der Waals surface area contributed by atoms with Crippen molar-refractivity contribution in [3.8, 4) is 5.75 Å². The second-order valence-corrected chi connectivity index (χ2v) is 2.63. The first-order valence-electron chi connectivity index (χ1n) is 4.18. The Balaban J connectivity index is 2.80. The molecule has 4 nitrogen and oxygen atoms in total. The van der Waals surface area contributed by atoms with E-state index in [0.29, 0.717) is 0 Å². The van der Waals surface area contributed by atoms with Gasteiger partial charge in [0.15, 0.2) is 0 Å². The third kappa shape index (κ3) is 2.32. The van der Waals surface area contributed by atoms with Crippen LogP contribution in [0.15, 0.2) is 24.3 Å². The lowest BCUT2D eigenvalue weighted by molar-refractivity contribution is -0.137. The summed E-state index contributed by atoms with van der Waals surface area (Å²) in [5, 5.41) is 9.25. The van der Waals surface area contributed by atoms with Gasteiger partial charge >= 0.3 is 11.9 Å². The number of carbonyl (C=O) groups excluding carboxylic acids is 2. The zero-order valence-electron chi connectivity index (χ0n) is 7.69. The summed E-state index contributed by atoms with van der Waals surface area (Å²) in [6.07, 6.45) is 0.124. The van der Waals surface area contributed by atoms with E-state index in [1.54, 1.807) is 19.1 Å². The minimum absolute atomic E-state index is 0.00528. The van der Waals surface area contributed by atoms with Gasteiger partial charge in [-0.15, -0.1) is 0 Å². The summed E-state index contributed by atoms with van der Waals surface area (Å²) in [5.74, 6) is -1.63. The van der Waals surface area contributed by atoms with Gasteiger partial charge < -0.3 is 9.84 Å². The lowest BCUT2D eigenvalue weighted by Crippen LogP contribution is -2.11. The fourth-order valence-electron chi connectivity index (χ4n) is 0.877. The molecule has 0 spiro atoms. The summed E-state index contributed by atoms with van der Waals surface area (Å²) >= 11 is 0. The van der Waals surface area contributed by atoms with Crippen molar-refractivity contribution in [2.24, 2.45) is 0 Å². The van der Waals surface area contributed by atoms with Gasteiger partial charge in [-0.3, -0.25) is 4.79 Å². The van der Waals surface area contributed by atoms with Crippen LogP contribution < -0.4 is 0 Å². The van der Waals surface area contributed by atoms with Crippen LogP contribution in [-0.2, 0) is 9.53 Å². The van der Waals surface area contributed by atoms with Gasteiger partial charge in [0.2, 0.25) is 0 Å². The zero-order chi connectivity index (χ0) is 10.6. The molecule has 0 unspecified atom stereocenters. The van der Waals surface area contributed by atoms with Crippen LogP contribution in [0.25, 0.3) is 0 Å². The van der Waals surface area contributed by atoms with Crippen molar-refractivity contribution in [1.82, 2.24) is 0 Å². The van der Waals surface area contributed by atoms with E-state index < -0.39 is 11.9 Å². The van der Waals surface area contributed by atoms with Gasteiger partial charge in [-0.25, -0.2) is 4.79 Å². The number of para-hydroxylation sites is 1. The van der Waals surface area contributed by atoms with E-state index in [0.717, 1.165) is 0 Å². The lowest BCUT2D eigenvalue weighted by Gasteiger charge is -2.02. The molecule has 74 valence electrons. The summed E-state index contributed by atoms with van der Waals surface area (Å²) in [5.41, 5.74) is -0.00528. The van der Waals surface area contributed by atoms with Crippen LogP contribution in [0.5, 0.6) is 5.75 Å². The largest absolute Gasteiger partial charge is 0.507 e. The molecule has 0 fully saturated rings. The number of phenolic OH excluding ortho intramolecular Hbond substituents is 1. The molecule has 1 rings (SSSR count). The number of phenols is 1. The highest BCUT2D eigenvalue weighted by molar-refractivity contribution is 5.98. The number of ether oxygens (including phenoxy) is 1. The summed E-state index contributed by atoms with van der Waals surface area (Å²) < 4.78 is 4.43. The van der Waals surface area contributed by atoms with Crippen LogP contribution in [0.4, 0.5) is 0 Å². The number of hydrogen-bond acceptors (Lipinski definition) is 4. The smallest absolute Gasteiger partial charge is 0.349 e. The molecule has 0 radical (unpaired) electrons. The Morgan fingerprint density at radius 2 is 2.00 bits per heavy atom. The Hall–Kier alpha value is -1.84. The Morgan fingerprint density at radius 3 is 2.57 bits per heavy atom. The standard InChI is InChI=1S/C10H10O4/c1-2-9(12)14-10(13)7-5-3-4-6-8(7)11/h3-6,11H,2H2,1H3. The number of carbonyl (C=O) groups is 2. The first-order chi connectivity index (χ1) is 6.65. The molecule has 4 heteroatoms. The van der Waals surface area contributed by atoms with Gasteiger partial charge in [-0.2, -0.15) is 0 Å². The maximum Gasteiger partial charge on any atom is 0.349 e. The lowest BCUT2D eigenvalue weighted by atomic mass is 10.2. The molecule has 14 heavy (non-hydrogen) atoms. The first-order valence-corrected chi connectivity index (χ1v) is 4.18. The average Bonchev–Trinajstić information content (AvgIpc) is 2.18. The van der Waals surface area contributed by atoms with E-state index in [2.05, 4.69) is 4.74 Å². The second-order valence-electron chi connectivity index (χ2n) is 2.63. The molecular formula is C10H10O4. The molecule has 0 aliphatic heterocycles. The van der Waals surface area contributed by atoms with E-state index in [9.17, 15) is 14.7 Å². The van der Waals surface area contributed by atoms with E-state index in [1.165, 1.54) is 12.1 Å². The summed E-state index contributed by atoms with van der Waals surface area (Å²) in [6.45, 7) is 1.58. The molecule has 0 aliphatic rings. The van der Waals surface area contributed by atoms with Crippen LogP contribution in [0.2, 0.25) is 0 Å². The molecule has 1 aromatic rings. The average molecular weight is 194 g/mol. The van der Waals surface area contributed by atoms with Gasteiger partial charge in [0.25, 0.3) is 0 Å². The van der Waals surface area contributed by atoms with Gasteiger partial charge in [0, 0.05) is 6.42 Å². The van der Waals surface area contributed by atoms with Crippen molar-refractivity contribution in [1.29, 1.82) is 0 Å². The maximum absolute atomic E-state index is 11.2. The van der Waals surface area contributed by atoms with Gasteiger partial charge in [0.05, 0.1) is 0 Å². The highest BCUT2D eigenvalue weighted by Crippen LogP contribution is 2.16. The molecule has 1 N–H and O–H groups in total. The fraction of sp³-hybridized carbons (Fsp3) is 0.200. The van der Waals surface area contributed by atoms with Crippen LogP contribution in [0.3, 0.4) is 0 Å². The molecule has 0 aromatic heterocycles. The Labute approximate surface area is 81.1 Å². The van der Waals surface area contributed by atoms with Gasteiger partial charge in [-0.05, 0) is 12.1 Å². The first kappa shape index (κ1) is 10.2. The van der Waals surface area contributed by atoms with E-state index >= 15 is 0 Å². The number of benzene rings is 1. The predicted molar refractivity (Wildman–Crippen MR) is 48.8 cm³/mol. The molecule has 0 saturated heterocycles. The van der Waals surface area contributed by atoms with E-state index in [4.69, 9.17) is 0 Å². The molecule has 0 heterocycles. The third-order valence-electron chi connectivity index (χ3n) is 1.62. The van der Waals surface area contributed by atoms with Crippen molar-refractivity contribution >= 4 is 11.9 Å². The van der Waals surface area contributed by atoms with Crippen LogP contribution in [-0.4, -0.2) is 17.0 Å². The molecule has 0 atom stereocenters. The zero-order valence-corrected chi connectivity index (χ0v) is 7.69. The van der Waals surface area contributed by atoms with E-state index in [1.807, 2.05) is 0 Å². The molecule has 0 amide bonds. The highest BCUT2D eigenvalue weighted by atomic mass is 16.6. The highest BCUT2D eigenvalue weighted by Gasteiger charge is 2.14. The number of hydrogen-bond donors (Lipinski definition) is 1. The van der Waals surface area contributed by atoms with Crippen molar-refractivity contribution in [2.75, 3.05) is 0 Å². The quantitative estimate of drug-likeness (QED) is 0.572. The van der Waals surface area contributed by atoms with E-state index in [-0.39, 0.29) is 17.7 Å². The minimum atomic E-state index is -0.824. The number of esters is 2. The Morgan fingerprint density at radius 1 is 1.36 bits per heavy atom. The van der Waals surface area contributed by atoms with Gasteiger partial charge in [0.1, 0.15) is 11.3 Å². The molecule has 0 bridgehead atoms. The summed E-state index contributed by atoms with van der Waals surface area (Å²) in [7, 11) is 0. The topological polar surface area (TPSA) is 63.6 Å². The van der Waals surface area contributed by atoms with Crippen LogP contribution >= 0.6 is 0 Å². The summed E-state index contributed by atoms with van der Waals surface area (Å²) in [6, 6.07) is 5.90. The summed E-state index contributed by atoms with van der Waals surface area (Å²) in [4.78, 5) is 22.0. The number of aromatic hydroxyl groups is 1. The van der Waals surface area contributed by atoms with Gasteiger partial charge in [-0.1, -0.05) is 19.1 Å². The fourth-order valence-corrected chi connectivity index (χ4v) is 0.877. The maximum atomic E-state index is 11.2. The van der Waals surface area contributed by atoms with Crippen molar-refractivity contribution in [2.45, 2.75) is 13.3 Å². The second kappa shape index (κ2) is 4.41. The molecule has 1 aromatic carbocycles. The van der Waals surface area contributed by atoms with Crippen molar-refractivity contribution in [3.63, 3.8) is 0 Å². The molecule has 0 saturated carbocycles. The Kier molecular flexibility index (Phi) is 3.23. The minimum Gasteiger partial charge on any atom is -0.507 e. The molecule has 0 aliphatic carbocycles. The number of rotatable bonds is 2. The Bertz CT molecular complexity index is 357. The van der Waals surface area contributed by atoms with Crippen LogP contribution in [0, 0.1) is 0 Å². The normalized spacial score (nSPS) is 9.50. The SMILES string of the molecule is CCC(=O)OC(=O)c1ccccc1O. The van der Waals surface area contributed by atoms with Crippen LogP contribution in [0.1, 0.15) is 23.7 Å². The molecular weight excluding hydrogens is 184 g/mol. The van der Waals surface area contributed by atoms with Crippen molar-refractivity contribution in [3.05, 3.63) is 29.8 Å². The monoisotopic (exact) mass is 194 g/mol. The third-order valence-corrected chi connectivity index (χ3v) is 1.62.